The van der Waals surface area contributed by atoms with E-state index in [0.29, 0.717) is 0 Å². The van der Waals surface area contributed by atoms with Crippen LogP contribution in [0.2, 0.25) is 0 Å². The smallest absolute Gasteiger partial charge is 0.266 e. The van der Waals surface area contributed by atoms with Crippen molar-refractivity contribution in [2.24, 2.45) is 29.1 Å². The number of rotatable bonds is 8. The third kappa shape index (κ3) is 4.07. The quantitative estimate of drug-likeness (QED) is 0.408. The van der Waals surface area contributed by atoms with Crippen LogP contribution in [0.15, 0.2) is 70.5 Å². The second kappa shape index (κ2) is 8.05. The number of hydrogen-bond donors (Lipinski definition) is 0. The van der Waals surface area contributed by atoms with E-state index in [-0.39, 0.29) is 52.1 Å². The molecule has 2 fully saturated rings. The van der Waals surface area contributed by atoms with Gasteiger partial charge in [0, 0.05) is 0 Å². The van der Waals surface area contributed by atoms with Crippen LogP contribution in [0, 0.1) is 42.9 Å². The molecule has 0 aliphatic heterocycles. The summed E-state index contributed by atoms with van der Waals surface area (Å²) >= 11 is 0. The summed E-state index contributed by atoms with van der Waals surface area (Å²) < 4.78 is 62.0. The molecular weight excluding hydrogens is 460 g/mol. The van der Waals surface area contributed by atoms with Crippen molar-refractivity contribution in [3.05, 3.63) is 71.8 Å². The normalized spacial score (nSPS) is 27.3. The maximum absolute atomic E-state index is 12.8. The molecule has 3 aliphatic rings. The summed E-state index contributed by atoms with van der Waals surface area (Å²) in [6, 6.07) is 13.1. The summed E-state index contributed by atoms with van der Waals surface area (Å²) in [4.78, 5) is 0.255. The van der Waals surface area contributed by atoms with Gasteiger partial charge >= 0.3 is 0 Å². The van der Waals surface area contributed by atoms with Gasteiger partial charge in [0.1, 0.15) is 0 Å². The molecular formula is C25H28O6S2. The van der Waals surface area contributed by atoms with E-state index in [1.165, 1.54) is 0 Å². The molecule has 2 aromatic rings. The molecule has 2 saturated carbocycles. The van der Waals surface area contributed by atoms with Gasteiger partial charge in [-0.2, -0.15) is 16.8 Å². The average Bonchev–Trinajstić information content (AvgIpc) is 3.44. The minimum absolute atomic E-state index is 0.0159. The van der Waals surface area contributed by atoms with Crippen LogP contribution < -0.4 is 0 Å². The minimum Gasteiger partial charge on any atom is -0.266 e. The molecule has 5 rings (SSSR count). The van der Waals surface area contributed by atoms with Gasteiger partial charge in [-0.25, -0.2) is 0 Å². The van der Waals surface area contributed by atoms with Crippen LogP contribution in [0.4, 0.5) is 0 Å². The lowest BCUT2D eigenvalue weighted by atomic mass is 9.84. The van der Waals surface area contributed by atoms with Gasteiger partial charge in [-0.3, -0.25) is 8.37 Å². The molecule has 0 N–H and O–H groups in total. The molecule has 176 valence electrons. The molecule has 2 bridgehead atoms. The zero-order chi connectivity index (χ0) is 23.4. The SMILES string of the molecule is Cc1ccc(S(=O)(=O)OC[C@@H]2[C@H](COS(=O)(=O)c3ccc(C)cc3)[C@@H]3C=C[C@@H]2C32CC2)cc1. The van der Waals surface area contributed by atoms with Crippen molar-refractivity contribution >= 4 is 20.2 Å². The Hall–Kier alpha value is -2.00. The van der Waals surface area contributed by atoms with Crippen LogP contribution in [0.3, 0.4) is 0 Å². The summed E-state index contributed by atoms with van der Waals surface area (Å²) in [5, 5.41) is 0. The topological polar surface area (TPSA) is 86.7 Å². The van der Waals surface area contributed by atoms with Crippen molar-refractivity contribution in [2.45, 2.75) is 36.5 Å². The van der Waals surface area contributed by atoms with Crippen LogP contribution in [-0.2, 0) is 28.6 Å². The Morgan fingerprint density at radius 1 is 0.697 bits per heavy atom. The zero-order valence-electron chi connectivity index (χ0n) is 18.7. The Morgan fingerprint density at radius 3 is 1.39 bits per heavy atom. The van der Waals surface area contributed by atoms with E-state index in [9.17, 15) is 16.8 Å². The number of allylic oxidation sites excluding steroid dienone is 2. The van der Waals surface area contributed by atoms with Crippen LogP contribution in [0.1, 0.15) is 24.0 Å². The van der Waals surface area contributed by atoms with Crippen LogP contribution in [0.5, 0.6) is 0 Å². The fourth-order valence-corrected chi connectivity index (χ4v) is 7.55. The first-order chi connectivity index (χ1) is 15.6. The van der Waals surface area contributed by atoms with Gasteiger partial charge in [-0.05, 0) is 80.0 Å². The largest absolute Gasteiger partial charge is 0.296 e. The van der Waals surface area contributed by atoms with Crippen LogP contribution in [0.25, 0.3) is 0 Å². The number of benzene rings is 2. The van der Waals surface area contributed by atoms with Gasteiger partial charge in [0.15, 0.2) is 0 Å². The summed E-state index contributed by atoms with van der Waals surface area (Å²) in [6.45, 7) is 3.82. The van der Waals surface area contributed by atoms with E-state index in [4.69, 9.17) is 8.37 Å². The first-order valence-electron chi connectivity index (χ1n) is 11.2. The van der Waals surface area contributed by atoms with Gasteiger partial charge in [-0.1, -0.05) is 47.5 Å². The summed E-state index contributed by atoms with van der Waals surface area (Å²) in [6.07, 6.45) is 6.46. The lowest BCUT2D eigenvalue weighted by Gasteiger charge is -2.27. The minimum atomic E-state index is -3.90. The lowest BCUT2D eigenvalue weighted by Crippen LogP contribution is -2.30. The first kappa shape index (κ1) is 22.8. The highest BCUT2D eigenvalue weighted by Gasteiger charge is 2.66. The Bertz CT molecular complexity index is 1180. The molecule has 4 atom stereocenters. The first-order valence-corrected chi connectivity index (χ1v) is 14.0. The van der Waals surface area contributed by atoms with Gasteiger partial charge in [0.2, 0.25) is 0 Å². The van der Waals surface area contributed by atoms with E-state index in [1.807, 2.05) is 13.8 Å². The summed E-state index contributed by atoms with van der Waals surface area (Å²) in [5.41, 5.74) is 2.05. The lowest BCUT2D eigenvalue weighted by molar-refractivity contribution is 0.138. The molecule has 3 aliphatic carbocycles. The maximum Gasteiger partial charge on any atom is 0.296 e. The van der Waals surface area contributed by atoms with E-state index in [2.05, 4.69) is 12.2 Å². The van der Waals surface area contributed by atoms with E-state index >= 15 is 0 Å². The van der Waals surface area contributed by atoms with Crippen LogP contribution in [-0.4, -0.2) is 30.0 Å². The van der Waals surface area contributed by atoms with Gasteiger partial charge in [-0.15, -0.1) is 0 Å². The Kier molecular flexibility index (Phi) is 5.55. The van der Waals surface area contributed by atoms with E-state index in [0.717, 1.165) is 24.0 Å². The molecule has 6 nitrogen and oxygen atoms in total. The molecule has 0 heterocycles. The second-order valence-corrected chi connectivity index (χ2v) is 12.8. The third-order valence-corrected chi connectivity index (χ3v) is 10.2. The van der Waals surface area contributed by atoms with Crippen molar-refractivity contribution in [3.63, 3.8) is 0 Å². The standard InChI is InChI=1S/C25H28O6S2/c1-17-3-7-19(8-4-17)32(26,27)30-15-21-22(24-12-11-23(21)25(24)13-14-25)16-31-33(28,29)20-9-5-18(2)6-10-20/h3-12,21-24H,13-16H2,1-2H3/t21-,22+,23-,24-/m0/s1. The Labute approximate surface area is 195 Å². The second-order valence-electron chi connectivity index (χ2n) is 9.60. The molecule has 1 spiro atoms. The molecule has 0 aromatic heterocycles. The molecule has 0 radical (unpaired) electrons. The zero-order valence-corrected chi connectivity index (χ0v) is 20.3. The fraction of sp³-hybridized carbons (Fsp3) is 0.440. The summed E-state index contributed by atoms with van der Waals surface area (Å²) in [7, 11) is -7.79. The summed E-state index contributed by atoms with van der Waals surface area (Å²) in [5.74, 6) is 0.143. The maximum atomic E-state index is 12.8. The molecule has 33 heavy (non-hydrogen) atoms. The number of hydrogen-bond acceptors (Lipinski definition) is 6. The average molecular weight is 489 g/mol. The van der Waals surface area contributed by atoms with Crippen molar-refractivity contribution in [1.29, 1.82) is 0 Å². The molecule has 0 unspecified atom stereocenters. The third-order valence-electron chi connectivity index (χ3n) is 7.60. The van der Waals surface area contributed by atoms with E-state index < -0.39 is 20.2 Å². The molecule has 8 heteroatoms. The molecule has 0 amide bonds. The molecule has 0 saturated heterocycles. The Morgan fingerprint density at radius 2 is 1.06 bits per heavy atom. The fourth-order valence-electron chi connectivity index (χ4n) is 5.66. The monoisotopic (exact) mass is 488 g/mol. The highest BCUT2D eigenvalue weighted by atomic mass is 32.2. The molecule has 2 aromatic carbocycles. The van der Waals surface area contributed by atoms with Gasteiger partial charge in [0.05, 0.1) is 23.0 Å². The number of aryl methyl sites for hydroxylation is 2. The van der Waals surface area contributed by atoms with Crippen molar-refractivity contribution in [2.75, 3.05) is 13.2 Å². The van der Waals surface area contributed by atoms with E-state index in [1.54, 1.807) is 48.5 Å². The predicted molar refractivity (Wildman–Crippen MR) is 123 cm³/mol. The van der Waals surface area contributed by atoms with Gasteiger partial charge < -0.3 is 0 Å². The van der Waals surface area contributed by atoms with Gasteiger partial charge in [0.25, 0.3) is 20.2 Å². The predicted octanol–water partition coefficient (Wildman–Crippen LogP) is 4.24. The van der Waals surface area contributed by atoms with Crippen LogP contribution >= 0.6 is 0 Å². The highest BCUT2D eigenvalue weighted by molar-refractivity contribution is 7.87. The van der Waals surface area contributed by atoms with Crippen molar-refractivity contribution in [1.82, 2.24) is 0 Å². The highest BCUT2D eigenvalue weighted by Crippen LogP contribution is 2.72. The Balaban J connectivity index is 1.32. The van der Waals surface area contributed by atoms with Crippen molar-refractivity contribution < 1.29 is 25.2 Å². The van der Waals surface area contributed by atoms with Crippen molar-refractivity contribution in [3.8, 4) is 0 Å².